The van der Waals surface area contributed by atoms with Crippen LogP contribution in [0.4, 0.5) is 0 Å². The molecule has 0 amide bonds. The number of hydrogen-bond acceptors (Lipinski definition) is 3. The maximum Gasteiger partial charge on any atom is 0.274 e. The molecule has 2 aromatic rings. The van der Waals surface area contributed by atoms with E-state index in [1.807, 2.05) is 19.9 Å². The standard InChI is InChI=1S/C12H10BrN3O/c1-7(2)16-12(17)10-5-8(6-14)3-4-9(10)11(13)15-16/h3-5,7H,1-2H3. The maximum absolute atomic E-state index is 12.2. The van der Waals surface area contributed by atoms with Crippen molar-refractivity contribution in [3.05, 3.63) is 38.7 Å². The molecule has 0 unspecified atom stereocenters. The fourth-order valence-electron chi connectivity index (χ4n) is 1.64. The first kappa shape index (κ1) is 11.8. The van der Waals surface area contributed by atoms with Crippen LogP contribution in [-0.4, -0.2) is 9.78 Å². The van der Waals surface area contributed by atoms with Crippen LogP contribution in [0.2, 0.25) is 0 Å². The lowest BCUT2D eigenvalue weighted by atomic mass is 10.1. The second-order valence-corrected chi connectivity index (χ2v) is 4.76. The van der Waals surface area contributed by atoms with Crippen LogP contribution in [0.1, 0.15) is 25.5 Å². The van der Waals surface area contributed by atoms with Crippen LogP contribution in [0.15, 0.2) is 27.6 Å². The quantitative estimate of drug-likeness (QED) is 0.811. The van der Waals surface area contributed by atoms with Crippen molar-refractivity contribution in [1.82, 2.24) is 9.78 Å². The molecule has 1 aromatic carbocycles. The Morgan fingerprint density at radius 3 is 2.71 bits per heavy atom. The first-order chi connectivity index (χ1) is 8.04. The average molecular weight is 292 g/mol. The molecule has 0 aliphatic rings. The second kappa shape index (κ2) is 4.30. The molecule has 0 saturated heterocycles. The van der Waals surface area contributed by atoms with Crippen LogP contribution in [0.3, 0.4) is 0 Å². The van der Waals surface area contributed by atoms with E-state index in [0.717, 1.165) is 5.39 Å². The summed E-state index contributed by atoms with van der Waals surface area (Å²) in [6, 6.07) is 7.02. The van der Waals surface area contributed by atoms with Gasteiger partial charge in [-0.3, -0.25) is 4.79 Å². The molecule has 0 N–H and O–H groups in total. The Kier molecular flexibility index (Phi) is 2.99. The minimum absolute atomic E-state index is 0.0195. The van der Waals surface area contributed by atoms with Gasteiger partial charge >= 0.3 is 0 Å². The molecule has 5 heteroatoms. The number of nitrogens with zero attached hydrogens (tertiary/aromatic N) is 3. The molecule has 0 aliphatic heterocycles. The van der Waals surface area contributed by atoms with Gasteiger partial charge in [-0.2, -0.15) is 10.4 Å². The van der Waals surface area contributed by atoms with Gasteiger partial charge in [-0.15, -0.1) is 0 Å². The minimum atomic E-state index is -0.171. The molecule has 0 atom stereocenters. The van der Waals surface area contributed by atoms with Gasteiger partial charge in [0, 0.05) is 5.39 Å². The largest absolute Gasteiger partial charge is 0.274 e. The zero-order valence-electron chi connectivity index (χ0n) is 9.44. The molecule has 0 saturated carbocycles. The number of benzene rings is 1. The van der Waals surface area contributed by atoms with Crippen LogP contribution in [-0.2, 0) is 0 Å². The van der Waals surface area contributed by atoms with Crippen LogP contribution >= 0.6 is 15.9 Å². The van der Waals surface area contributed by atoms with E-state index in [1.54, 1.807) is 18.2 Å². The normalized spacial score (nSPS) is 10.8. The summed E-state index contributed by atoms with van der Waals surface area (Å²) in [6.45, 7) is 3.78. The predicted molar refractivity (Wildman–Crippen MR) is 68.8 cm³/mol. The third-order valence-corrected chi connectivity index (χ3v) is 3.08. The lowest BCUT2D eigenvalue weighted by Crippen LogP contribution is -2.25. The summed E-state index contributed by atoms with van der Waals surface area (Å²) in [5, 5.41) is 14.3. The monoisotopic (exact) mass is 291 g/mol. The van der Waals surface area contributed by atoms with Crippen molar-refractivity contribution in [2.45, 2.75) is 19.9 Å². The van der Waals surface area contributed by atoms with E-state index < -0.39 is 0 Å². The van der Waals surface area contributed by atoms with Gasteiger partial charge in [0.15, 0.2) is 0 Å². The van der Waals surface area contributed by atoms with Gasteiger partial charge in [0.05, 0.1) is 23.1 Å². The molecule has 4 nitrogen and oxygen atoms in total. The highest BCUT2D eigenvalue weighted by Gasteiger charge is 2.11. The molecule has 0 fully saturated rings. The topological polar surface area (TPSA) is 58.7 Å². The van der Waals surface area contributed by atoms with Gasteiger partial charge in [0.2, 0.25) is 0 Å². The van der Waals surface area contributed by atoms with Crippen molar-refractivity contribution >= 4 is 26.7 Å². The SMILES string of the molecule is CC(C)n1nc(Br)c2ccc(C#N)cc2c1=O. The highest BCUT2D eigenvalue weighted by Crippen LogP contribution is 2.20. The molecule has 0 aliphatic carbocycles. The summed E-state index contributed by atoms with van der Waals surface area (Å²) in [5.74, 6) is 0. The van der Waals surface area contributed by atoms with Crippen molar-refractivity contribution in [2.75, 3.05) is 0 Å². The highest BCUT2D eigenvalue weighted by atomic mass is 79.9. The van der Waals surface area contributed by atoms with Crippen molar-refractivity contribution in [2.24, 2.45) is 0 Å². The number of aromatic nitrogens is 2. The zero-order chi connectivity index (χ0) is 12.6. The fourth-order valence-corrected chi connectivity index (χ4v) is 2.15. The molecule has 1 aromatic heterocycles. The van der Waals surface area contributed by atoms with Crippen LogP contribution in [0.5, 0.6) is 0 Å². The van der Waals surface area contributed by atoms with Crippen LogP contribution in [0.25, 0.3) is 10.8 Å². The summed E-state index contributed by atoms with van der Waals surface area (Å²) < 4.78 is 2.03. The summed E-state index contributed by atoms with van der Waals surface area (Å²) >= 11 is 3.34. The van der Waals surface area contributed by atoms with E-state index in [-0.39, 0.29) is 11.6 Å². The van der Waals surface area contributed by atoms with Crippen molar-refractivity contribution < 1.29 is 0 Å². The summed E-state index contributed by atoms with van der Waals surface area (Å²) in [7, 11) is 0. The fraction of sp³-hybridized carbons (Fsp3) is 0.250. The Balaban J connectivity index is 2.92. The van der Waals surface area contributed by atoms with Gasteiger partial charge in [0.1, 0.15) is 4.60 Å². The Morgan fingerprint density at radius 2 is 2.12 bits per heavy atom. The molecule has 86 valence electrons. The molecule has 1 heterocycles. The lowest BCUT2D eigenvalue weighted by Gasteiger charge is -2.10. The molecule has 17 heavy (non-hydrogen) atoms. The van der Waals surface area contributed by atoms with E-state index >= 15 is 0 Å². The Labute approximate surface area is 107 Å². The zero-order valence-corrected chi connectivity index (χ0v) is 11.0. The first-order valence-electron chi connectivity index (χ1n) is 5.16. The van der Waals surface area contributed by atoms with Gasteiger partial charge in [-0.25, -0.2) is 4.68 Å². The van der Waals surface area contributed by atoms with Crippen LogP contribution in [0, 0.1) is 11.3 Å². The first-order valence-corrected chi connectivity index (χ1v) is 5.96. The van der Waals surface area contributed by atoms with Crippen molar-refractivity contribution in [1.29, 1.82) is 5.26 Å². The molecule has 2 rings (SSSR count). The summed E-state index contributed by atoms with van der Waals surface area (Å²) in [5.41, 5.74) is 0.304. The van der Waals surface area contributed by atoms with E-state index in [1.165, 1.54) is 4.68 Å². The predicted octanol–water partition coefficient (Wildman–Crippen LogP) is 2.61. The molecule has 0 radical (unpaired) electrons. The van der Waals surface area contributed by atoms with E-state index in [2.05, 4.69) is 21.0 Å². The van der Waals surface area contributed by atoms with E-state index in [4.69, 9.17) is 5.26 Å². The third kappa shape index (κ3) is 1.96. The third-order valence-electron chi connectivity index (χ3n) is 2.49. The van der Waals surface area contributed by atoms with Gasteiger partial charge in [-0.1, -0.05) is 6.07 Å². The van der Waals surface area contributed by atoms with Crippen LogP contribution < -0.4 is 5.56 Å². The number of rotatable bonds is 1. The van der Waals surface area contributed by atoms with Gasteiger partial charge < -0.3 is 0 Å². The molecule has 0 spiro atoms. The minimum Gasteiger partial charge on any atom is -0.267 e. The van der Waals surface area contributed by atoms with Crippen molar-refractivity contribution in [3.8, 4) is 6.07 Å². The number of hydrogen-bond donors (Lipinski definition) is 0. The maximum atomic E-state index is 12.2. The van der Waals surface area contributed by atoms with Crippen molar-refractivity contribution in [3.63, 3.8) is 0 Å². The molecule has 0 bridgehead atoms. The highest BCUT2D eigenvalue weighted by molar-refractivity contribution is 9.10. The summed E-state index contributed by atoms with van der Waals surface area (Å²) in [6.07, 6.45) is 0. The lowest BCUT2D eigenvalue weighted by molar-refractivity contribution is 0.503. The Morgan fingerprint density at radius 1 is 1.41 bits per heavy atom. The molecular weight excluding hydrogens is 282 g/mol. The molecular formula is C12H10BrN3O. The number of nitriles is 1. The number of fused-ring (bicyclic) bond motifs is 1. The number of halogens is 1. The Bertz CT molecular complexity index is 682. The van der Waals surface area contributed by atoms with E-state index in [0.29, 0.717) is 15.6 Å². The average Bonchev–Trinajstić information content (AvgIpc) is 2.32. The van der Waals surface area contributed by atoms with Gasteiger partial charge in [0.25, 0.3) is 5.56 Å². The smallest absolute Gasteiger partial charge is 0.267 e. The van der Waals surface area contributed by atoms with E-state index in [9.17, 15) is 4.79 Å². The second-order valence-electron chi connectivity index (χ2n) is 4.01. The van der Waals surface area contributed by atoms with Gasteiger partial charge in [-0.05, 0) is 41.9 Å². The summed E-state index contributed by atoms with van der Waals surface area (Å²) in [4.78, 5) is 12.2. The Hall–Kier alpha value is -1.67.